The van der Waals surface area contributed by atoms with E-state index in [9.17, 15) is 5.11 Å². The normalized spacial score (nSPS) is 12.1. The van der Waals surface area contributed by atoms with Crippen molar-refractivity contribution >= 4 is 0 Å². The molecule has 21 heavy (non-hydrogen) atoms. The fourth-order valence-corrected chi connectivity index (χ4v) is 2.19. The van der Waals surface area contributed by atoms with Crippen LogP contribution >= 0.6 is 0 Å². The molecule has 0 saturated carbocycles. The predicted octanol–water partition coefficient (Wildman–Crippen LogP) is 2.74. The van der Waals surface area contributed by atoms with E-state index in [2.05, 4.69) is 12.2 Å². The van der Waals surface area contributed by atoms with Crippen LogP contribution in [0.25, 0.3) is 0 Å². The van der Waals surface area contributed by atoms with Crippen LogP contribution in [0.4, 0.5) is 0 Å². The molecule has 0 heterocycles. The summed E-state index contributed by atoms with van der Waals surface area (Å²) in [6.45, 7) is 2.82. The molecule has 2 aromatic rings. The van der Waals surface area contributed by atoms with Crippen LogP contribution in [0.15, 0.2) is 42.5 Å². The van der Waals surface area contributed by atoms with Gasteiger partial charge in [0.05, 0.1) is 13.7 Å². The van der Waals surface area contributed by atoms with Crippen LogP contribution < -0.4 is 10.1 Å². The molecule has 3 N–H and O–H groups in total. The number of aliphatic hydroxyl groups excluding tert-OH is 1. The van der Waals surface area contributed by atoms with Gasteiger partial charge >= 0.3 is 0 Å². The number of aromatic hydroxyl groups is 1. The molecule has 1 unspecified atom stereocenters. The number of hydrogen-bond acceptors (Lipinski definition) is 4. The van der Waals surface area contributed by atoms with Crippen molar-refractivity contribution in [2.45, 2.75) is 26.1 Å². The van der Waals surface area contributed by atoms with Gasteiger partial charge in [-0.05, 0) is 35.7 Å². The lowest BCUT2D eigenvalue weighted by Crippen LogP contribution is -2.18. The average molecular weight is 287 g/mol. The van der Waals surface area contributed by atoms with Gasteiger partial charge in [-0.15, -0.1) is 0 Å². The minimum absolute atomic E-state index is 0.0541. The van der Waals surface area contributed by atoms with Crippen LogP contribution in [0.5, 0.6) is 11.5 Å². The maximum absolute atomic E-state index is 9.61. The first-order chi connectivity index (χ1) is 10.1. The van der Waals surface area contributed by atoms with Gasteiger partial charge in [0, 0.05) is 12.6 Å². The third-order valence-electron chi connectivity index (χ3n) is 3.49. The highest BCUT2D eigenvalue weighted by atomic mass is 16.5. The summed E-state index contributed by atoms with van der Waals surface area (Å²) in [4.78, 5) is 0. The number of phenols is 1. The monoisotopic (exact) mass is 287 g/mol. The summed E-state index contributed by atoms with van der Waals surface area (Å²) in [5, 5.41) is 22.2. The Balaban J connectivity index is 2.02. The lowest BCUT2D eigenvalue weighted by atomic mass is 10.1. The SMILES string of the molecule is COc1cc(C(C)NCc2cccc(CO)c2)ccc1O. The van der Waals surface area contributed by atoms with Crippen molar-refractivity contribution in [3.05, 3.63) is 59.2 Å². The van der Waals surface area contributed by atoms with E-state index in [1.807, 2.05) is 36.4 Å². The highest BCUT2D eigenvalue weighted by Gasteiger charge is 2.09. The zero-order valence-electron chi connectivity index (χ0n) is 12.3. The van der Waals surface area contributed by atoms with Crippen molar-refractivity contribution in [1.82, 2.24) is 5.32 Å². The van der Waals surface area contributed by atoms with Crippen LogP contribution in [0.1, 0.15) is 29.7 Å². The number of hydrogen-bond donors (Lipinski definition) is 3. The first kappa shape index (κ1) is 15.4. The number of ether oxygens (including phenoxy) is 1. The fraction of sp³-hybridized carbons (Fsp3) is 0.294. The van der Waals surface area contributed by atoms with Gasteiger partial charge in [0.2, 0.25) is 0 Å². The molecule has 0 saturated heterocycles. The first-order valence-corrected chi connectivity index (χ1v) is 6.93. The van der Waals surface area contributed by atoms with E-state index >= 15 is 0 Å². The predicted molar refractivity (Wildman–Crippen MR) is 82.3 cm³/mol. The van der Waals surface area contributed by atoms with E-state index in [1.54, 1.807) is 6.07 Å². The van der Waals surface area contributed by atoms with E-state index in [4.69, 9.17) is 9.84 Å². The third kappa shape index (κ3) is 3.97. The molecule has 112 valence electrons. The zero-order valence-corrected chi connectivity index (χ0v) is 12.3. The molecule has 0 aliphatic heterocycles. The summed E-state index contributed by atoms with van der Waals surface area (Å²) >= 11 is 0. The second-order valence-electron chi connectivity index (χ2n) is 5.01. The minimum atomic E-state index is 0.0541. The molecule has 4 nitrogen and oxygen atoms in total. The Labute approximate surface area is 125 Å². The summed E-state index contributed by atoms with van der Waals surface area (Å²) in [5.41, 5.74) is 3.08. The first-order valence-electron chi connectivity index (χ1n) is 6.93. The summed E-state index contributed by atoms with van der Waals surface area (Å²) in [7, 11) is 1.54. The topological polar surface area (TPSA) is 61.7 Å². The fourth-order valence-electron chi connectivity index (χ4n) is 2.19. The molecule has 0 aliphatic rings. The molecule has 0 fully saturated rings. The molecular weight excluding hydrogens is 266 g/mol. The van der Waals surface area contributed by atoms with Crippen LogP contribution in [0, 0.1) is 0 Å². The van der Waals surface area contributed by atoms with E-state index in [0.717, 1.165) is 16.7 Å². The van der Waals surface area contributed by atoms with Gasteiger partial charge in [-0.1, -0.05) is 30.3 Å². The molecular formula is C17H21NO3. The molecule has 0 aromatic heterocycles. The van der Waals surface area contributed by atoms with Gasteiger partial charge in [-0.3, -0.25) is 0 Å². The van der Waals surface area contributed by atoms with E-state index < -0.39 is 0 Å². The highest BCUT2D eigenvalue weighted by molar-refractivity contribution is 5.42. The highest BCUT2D eigenvalue weighted by Crippen LogP contribution is 2.28. The van der Waals surface area contributed by atoms with Crippen molar-refractivity contribution in [1.29, 1.82) is 0 Å². The Kier molecular flexibility index (Phi) is 5.20. The second-order valence-corrected chi connectivity index (χ2v) is 5.01. The zero-order chi connectivity index (χ0) is 15.2. The number of aliphatic hydroxyl groups is 1. The quantitative estimate of drug-likeness (QED) is 0.764. The molecule has 0 aliphatic carbocycles. The Morgan fingerprint density at radius 3 is 2.62 bits per heavy atom. The Bertz CT molecular complexity index is 598. The van der Waals surface area contributed by atoms with Crippen LogP contribution in [-0.2, 0) is 13.2 Å². The summed E-state index contributed by atoms with van der Waals surface area (Å²) < 4.78 is 5.12. The van der Waals surface area contributed by atoms with Gasteiger partial charge in [0.25, 0.3) is 0 Å². The maximum Gasteiger partial charge on any atom is 0.160 e. The van der Waals surface area contributed by atoms with Gasteiger partial charge in [-0.25, -0.2) is 0 Å². The summed E-state index contributed by atoms with van der Waals surface area (Å²) in [6, 6.07) is 13.3. The molecule has 0 amide bonds. The molecule has 2 aromatic carbocycles. The van der Waals surface area contributed by atoms with Gasteiger partial charge < -0.3 is 20.3 Å². The minimum Gasteiger partial charge on any atom is -0.504 e. The Hall–Kier alpha value is -2.04. The lowest BCUT2D eigenvalue weighted by Gasteiger charge is -2.16. The van der Waals surface area contributed by atoms with E-state index in [1.165, 1.54) is 7.11 Å². The van der Waals surface area contributed by atoms with E-state index in [0.29, 0.717) is 12.3 Å². The second kappa shape index (κ2) is 7.11. The van der Waals surface area contributed by atoms with Gasteiger partial charge in [0.1, 0.15) is 0 Å². The number of benzene rings is 2. The van der Waals surface area contributed by atoms with Crippen molar-refractivity contribution in [2.75, 3.05) is 7.11 Å². The number of nitrogens with one attached hydrogen (secondary N) is 1. The number of rotatable bonds is 6. The van der Waals surface area contributed by atoms with Crippen molar-refractivity contribution in [2.24, 2.45) is 0 Å². The van der Waals surface area contributed by atoms with Gasteiger partial charge in [-0.2, -0.15) is 0 Å². The Morgan fingerprint density at radius 1 is 1.14 bits per heavy atom. The summed E-state index contributed by atoms with van der Waals surface area (Å²) in [6.07, 6.45) is 0. The molecule has 0 bridgehead atoms. The molecule has 2 rings (SSSR count). The molecule has 0 spiro atoms. The van der Waals surface area contributed by atoms with Crippen molar-refractivity contribution in [3.63, 3.8) is 0 Å². The van der Waals surface area contributed by atoms with Crippen LogP contribution in [0.2, 0.25) is 0 Å². The van der Waals surface area contributed by atoms with Gasteiger partial charge in [0.15, 0.2) is 11.5 Å². The molecule has 0 radical (unpaired) electrons. The average Bonchev–Trinajstić information content (AvgIpc) is 2.53. The largest absolute Gasteiger partial charge is 0.504 e. The van der Waals surface area contributed by atoms with E-state index in [-0.39, 0.29) is 18.4 Å². The standard InChI is InChI=1S/C17H21NO3/c1-12(15-6-7-16(20)17(9-15)21-2)18-10-13-4-3-5-14(8-13)11-19/h3-9,12,18-20H,10-11H2,1-2H3. The van der Waals surface area contributed by atoms with Crippen LogP contribution in [-0.4, -0.2) is 17.3 Å². The maximum atomic E-state index is 9.61. The third-order valence-corrected chi connectivity index (χ3v) is 3.49. The lowest BCUT2D eigenvalue weighted by molar-refractivity contribution is 0.281. The van der Waals surface area contributed by atoms with Crippen molar-refractivity contribution in [3.8, 4) is 11.5 Å². The number of methoxy groups -OCH3 is 1. The summed E-state index contributed by atoms with van der Waals surface area (Å²) in [5.74, 6) is 0.618. The Morgan fingerprint density at radius 2 is 1.90 bits per heavy atom. The number of phenolic OH excluding ortho intramolecular Hbond substituents is 1. The van der Waals surface area contributed by atoms with Crippen molar-refractivity contribution < 1.29 is 14.9 Å². The van der Waals surface area contributed by atoms with Crippen LogP contribution in [0.3, 0.4) is 0 Å². The molecule has 4 heteroatoms. The smallest absolute Gasteiger partial charge is 0.160 e. The molecule has 1 atom stereocenters.